The van der Waals surface area contributed by atoms with Gasteiger partial charge >= 0.3 is 5.97 Å². The van der Waals surface area contributed by atoms with E-state index >= 15 is 0 Å². The minimum atomic E-state index is -1.25. The van der Waals surface area contributed by atoms with Gasteiger partial charge < -0.3 is 24.5 Å². The van der Waals surface area contributed by atoms with Crippen molar-refractivity contribution in [1.82, 2.24) is 19.8 Å². The Hall–Kier alpha value is -3.26. The Morgan fingerprint density at radius 1 is 0.958 bits per heavy atom. The van der Waals surface area contributed by atoms with Crippen molar-refractivity contribution >= 4 is 34.3 Å². The van der Waals surface area contributed by atoms with Gasteiger partial charge in [-0.3, -0.25) is 14.6 Å². The smallest absolute Gasteiger partial charge is 0.338 e. The van der Waals surface area contributed by atoms with Gasteiger partial charge in [-0.1, -0.05) is 0 Å². The molecule has 4 aliphatic heterocycles. The number of thioether (sulfide) groups is 1. The number of aromatic carboxylic acids is 1. The van der Waals surface area contributed by atoms with Crippen LogP contribution >= 0.6 is 11.8 Å². The van der Waals surface area contributed by atoms with Gasteiger partial charge in [0.05, 0.1) is 23.4 Å². The standard InChI is InChI=1S/C35H43F2N5O5S/c36-29-15-24(1-2-28(29)35(44)45)40-11-5-23(6-12-40)42-18-25(19-42)41-9-3-22(4-10-41)20-47-26-16-30(37)33-31(17-26)38-32(39-34(33)43)21-48-27-7-13-46-14-8-27/h1-2,15-17,22-23,25,27H,3-14,18-21H2,(H,44,45)(H,38,39,43). The molecule has 0 aliphatic carbocycles. The summed E-state index contributed by atoms with van der Waals surface area (Å²) in [6.45, 7) is 7.82. The van der Waals surface area contributed by atoms with Gasteiger partial charge in [0.15, 0.2) is 0 Å². The van der Waals surface area contributed by atoms with E-state index < -0.39 is 23.2 Å². The van der Waals surface area contributed by atoms with E-state index in [2.05, 4.69) is 24.7 Å². The summed E-state index contributed by atoms with van der Waals surface area (Å²) in [6, 6.07) is 8.44. The van der Waals surface area contributed by atoms with E-state index in [0.29, 0.717) is 52.7 Å². The molecule has 0 unspecified atom stereocenters. The average Bonchev–Trinajstić information content (AvgIpc) is 3.06. The number of halogens is 2. The Balaban J connectivity index is 0.845. The van der Waals surface area contributed by atoms with Gasteiger partial charge in [-0.25, -0.2) is 18.6 Å². The number of piperidine rings is 2. The molecule has 0 saturated carbocycles. The van der Waals surface area contributed by atoms with Crippen LogP contribution in [0, 0.1) is 17.6 Å². The highest BCUT2D eigenvalue weighted by molar-refractivity contribution is 7.99. The number of benzene rings is 2. The van der Waals surface area contributed by atoms with E-state index in [1.165, 1.54) is 18.2 Å². The summed E-state index contributed by atoms with van der Waals surface area (Å²) in [7, 11) is 0. The third-order valence-electron chi connectivity index (χ3n) is 10.5. The number of hydrogen-bond donors (Lipinski definition) is 2. The van der Waals surface area contributed by atoms with E-state index in [9.17, 15) is 18.4 Å². The molecule has 5 heterocycles. The summed E-state index contributed by atoms with van der Waals surface area (Å²) in [5, 5.41) is 9.53. The van der Waals surface area contributed by atoms with Crippen LogP contribution in [0.5, 0.6) is 5.75 Å². The maximum absolute atomic E-state index is 15.0. The summed E-state index contributed by atoms with van der Waals surface area (Å²) >= 11 is 1.75. The topological polar surface area (TPSA) is 111 Å². The first-order valence-corrected chi connectivity index (χ1v) is 18.2. The molecule has 4 fully saturated rings. The van der Waals surface area contributed by atoms with Crippen LogP contribution < -0.4 is 15.2 Å². The number of carboxylic acid groups (broad SMARTS) is 1. The van der Waals surface area contributed by atoms with E-state index in [4.69, 9.17) is 14.6 Å². The molecule has 13 heteroatoms. The van der Waals surface area contributed by atoms with Crippen LogP contribution in [-0.2, 0) is 10.5 Å². The lowest BCUT2D eigenvalue weighted by Gasteiger charge is -2.52. The van der Waals surface area contributed by atoms with Gasteiger partial charge in [-0.15, -0.1) is 0 Å². The molecule has 0 atom stereocenters. The molecular formula is C35H43F2N5O5S. The van der Waals surface area contributed by atoms with Crippen molar-refractivity contribution in [2.24, 2.45) is 5.92 Å². The third kappa shape index (κ3) is 7.49. The minimum absolute atomic E-state index is 0.0294. The number of nitrogens with zero attached hydrogens (tertiary/aromatic N) is 4. The van der Waals surface area contributed by atoms with Crippen molar-refractivity contribution in [3.8, 4) is 5.75 Å². The predicted molar refractivity (Wildman–Crippen MR) is 181 cm³/mol. The summed E-state index contributed by atoms with van der Waals surface area (Å²) in [6.07, 6.45) is 6.01. The molecule has 4 aliphatic rings. The van der Waals surface area contributed by atoms with Crippen molar-refractivity contribution in [2.75, 3.05) is 64.0 Å². The van der Waals surface area contributed by atoms with Gasteiger partial charge in [0, 0.05) is 74.5 Å². The van der Waals surface area contributed by atoms with Crippen molar-refractivity contribution in [2.45, 2.75) is 61.6 Å². The van der Waals surface area contributed by atoms with Gasteiger partial charge in [0.1, 0.15) is 28.6 Å². The number of carboxylic acids is 1. The Morgan fingerprint density at radius 3 is 2.42 bits per heavy atom. The zero-order valence-electron chi connectivity index (χ0n) is 27.0. The number of aromatic amines is 1. The SMILES string of the molecule is O=C(O)c1ccc(N2CCC(N3CC(N4CCC(COc5cc(F)c6c(=O)[nH]c(CSC7CCOCC7)nc6c5)CC4)C3)CC2)cc1F. The van der Waals surface area contributed by atoms with Crippen molar-refractivity contribution in [3.05, 3.63) is 63.7 Å². The van der Waals surface area contributed by atoms with E-state index in [1.54, 1.807) is 23.9 Å². The second-order valence-electron chi connectivity index (χ2n) is 13.5. The molecule has 3 aromatic rings. The first-order chi connectivity index (χ1) is 23.3. The maximum atomic E-state index is 15.0. The number of nitrogens with one attached hydrogen (secondary N) is 1. The van der Waals surface area contributed by atoms with Crippen molar-refractivity contribution in [3.63, 3.8) is 0 Å². The lowest BCUT2D eigenvalue weighted by atomic mass is 9.92. The summed E-state index contributed by atoms with van der Waals surface area (Å²) in [5.74, 6) is -0.644. The second kappa shape index (κ2) is 14.7. The number of likely N-dealkylation sites (tertiary alicyclic amines) is 2. The van der Waals surface area contributed by atoms with Crippen LogP contribution in [-0.4, -0.2) is 107 Å². The normalized spacial score (nSPS) is 21.1. The summed E-state index contributed by atoms with van der Waals surface area (Å²) < 4.78 is 40.7. The first-order valence-electron chi connectivity index (χ1n) is 17.1. The summed E-state index contributed by atoms with van der Waals surface area (Å²) in [4.78, 5) is 38.4. The highest BCUT2D eigenvalue weighted by Crippen LogP contribution is 2.31. The van der Waals surface area contributed by atoms with Gasteiger partial charge in [0.25, 0.3) is 5.56 Å². The number of hydrogen-bond acceptors (Lipinski definition) is 9. The first kappa shape index (κ1) is 33.2. The number of ether oxygens (including phenoxy) is 2. The molecule has 7 rings (SSSR count). The van der Waals surface area contributed by atoms with Crippen LogP contribution in [0.3, 0.4) is 0 Å². The Bertz CT molecular complexity index is 1670. The van der Waals surface area contributed by atoms with E-state index in [1.807, 2.05) is 0 Å². The van der Waals surface area contributed by atoms with E-state index in [-0.39, 0.29) is 10.9 Å². The lowest BCUT2D eigenvalue weighted by molar-refractivity contribution is -0.0181. The molecule has 0 amide bonds. The molecule has 0 bridgehead atoms. The highest BCUT2D eigenvalue weighted by atomic mass is 32.2. The van der Waals surface area contributed by atoms with Gasteiger partial charge in [0.2, 0.25) is 0 Å². The maximum Gasteiger partial charge on any atom is 0.338 e. The average molecular weight is 684 g/mol. The zero-order valence-corrected chi connectivity index (χ0v) is 27.9. The fourth-order valence-corrected chi connectivity index (χ4v) is 8.57. The molecule has 0 spiro atoms. The third-order valence-corrected chi connectivity index (χ3v) is 11.9. The predicted octanol–water partition coefficient (Wildman–Crippen LogP) is 4.76. The van der Waals surface area contributed by atoms with Crippen LogP contribution in [0.2, 0.25) is 0 Å². The van der Waals surface area contributed by atoms with Crippen LogP contribution in [0.15, 0.2) is 35.1 Å². The number of aromatic nitrogens is 2. The quantitative estimate of drug-likeness (QED) is 0.311. The molecule has 48 heavy (non-hydrogen) atoms. The molecule has 1 aromatic heterocycles. The molecule has 0 radical (unpaired) electrons. The van der Waals surface area contributed by atoms with Crippen LogP contribution in [0.1, 0.15) is 54.7 Å². The monoisotopic (exact) mass is 683 g/mol. The minimum Gasteiger partial charge on any atom is -0.493 e. The number of rotatable bonds is 10. The molecule has 258 valence electrons. The van der Waals surface area contributed by atoms with Crippen LogP contribution in [0.4, 0.5) is 14.5 Å². The number of fused-ring (bicyclic) bond motifs is 1. The molecule has 10 nitrogen and oxygen atoms in total. The van der Waals surface area contributed by atoms with Crippen molar-refractivity contribution < 1.29 is 28.2 Å². The fraction of sp³-hybridized carbons (Fsp3) is 0.571. The number of carbonyl (C=O) groups is 1. The zero-order chi connectivity index (χ0) is 33.2. The molecular weight excluding hydrogens is 640 g/mol. The Kier molecular flexibility index (Phi) is 10.2. The molecule has 4 saturated heterocycles. The van der Waals surface area contributed by atoms with Gasteiger partial charge in [-0.05, 0) is 75.7 Å². The highest BCUT2D eigenvalue weighted by Gasteiger charge is 2.38. The summed E-state index contributed by atoms with van der Waals surface area (Å²) in [5.41, 5.74) is 0.320. The largest absolute Gasteiger partial charge is 0.493 e. The fourth-order valence-electron chi connectivity index (χ4n) is 7.52. The lowest BCUT2D eigenvalue weighted by Crippen LogP contribution is -2.64. The van der Waals surface area contributed by atoms with Gasteiger partial charge in [-0.2, -0.15) is 11.8 Å². The Morgan fingerprint density at radius 2 is 1.71 bits per heavy atom. The second-order valence-corrected chi connectivity index (χ2v) is 14.8. The number of anilines is 1. The Labute approximate surface area is 282 Å². The van der Waals surface area contributed by atoms with Crippen LogP contribution in [0.25, 0.3) is 10.9 Å². The van der Waals surface area contributed by atoms with Crippen molar-refractivity contribution in [1.29, 1.82) is 0 Å². The number of H-pyrrole nitrogens is 1. The molecule has 2 N–H and O–H groups in total. The van der Waals surface area contributed by atoms with E-state index in [0.717, 1.165) is 96.7 Å². The molecule has 2 aromatic carbocycles.